The maximum atomic E-state index is 13.4. The van der Waals surface area contributed by atoms with E-state index >= 15 is 0 Å². The fourth-order valence-electron chi connectivity index (χ4n) is 3.52. The second kappa shape index (κ2) is 7.08. The number of anilines is 1. The Morgan fingerprint density at radius 3 is 2.41 bits per heavy atom. The summed E-state index contributed by atoms with van der Waals surface area (Å²) < 4.78 is 28.2. The summed E-state index contributed by atoms with van der Waals surface area (Å²) in [4.78, 5) is 20.9. The van der Waals surface area contributed by atoms with Gasteiger partial charge in [0, 0.05) is 51.5 Å². The Morgan fingerprint density at radius 2 is 1.70 bits per heavy atom. The highest BCUT2D eigenvalue weighted by molar-refractivity contribution is 5.81. The number of aryl methyl sites for hydroxylation is 1. The van der Waals surface area contributed by atoms with Gasteiger partial charge in [-0.2, -0.15) is 0 Å². The number of nitrogens with zero attached hydrogens (tertiary/aromatic N) is 4. The third kappa shape index (κ3) is 3.68. The number of halogens is 2. The van der Waals surface area contributed by atoms with E-state index in [0.717, 1.165) is 37.9 Å². The van der Waals surface area contributed by atoms with Crippen LogP contribution in [-0.4, -0.2) is 40.6 Å². The average Bonchev–Trinajstić information content (AvgIpc) is 2.64. The minimum absolute atomic E-state index is 0.0568. The molecule has 3 aromatic rings. The van der Waals surface area contributed by atoms with E-state index in [4.69, 9.17) is 0 Å². The Kier molecular flexibility index (Phi) is 4.61. The number of hydrogen-bond donors (Lipinski definition) is 0. The Labute approximate surface area is 155 Å². The maximum absolute atomic E-state index is 13.4. The highest BCUT2D eigenvalue weighted by Crippen LogP contribution is 2.21. The van der Waals surface area contributed by atoms with Crippen LogP contribution in [0.3, 0.4) is 0 Å². The lowest BCUT2D eigenvalue weighted by atomic mass is 10.1. The van der Waals surface area contributed by atoms with E-state index in [1.165, 1.54) is 23.0 Å². The molecule has 1 fully saturated rings. The summed E-state index contributed by atoms with van der Waals surface area (Å²) in [6.45, 7) is 3.71. The molecule has 1 aliphatic rings. The highest BCUT2D eigenvalue weighted by Gasteiger charge is 2.18. The molecule has 2 heterocycles. The van der Waals surface area contributed by atoms with Gasteiger partial charge in [-0.1, -0.05) is 0 Å². The zero-order valence-corrected chi connectivity index (χ0v) is 15.0. The van der Waals surface area contributed by atoms with Crippen molar-refractivity contribution in [1.82, 2.24) is 14.5 Å². The third-order valence-corrected chi connectivity index (χ3v) is 4.97. The predicted molar refractivity (Wildman–Crippen MR) is 101 cm³/mol. The monoisotopic (exact) mass is 370 g/mol. The lowest BCUT2D eigenvalue weighted by Gasteiger charge is -2.36. The molecule has 7 heteroatoms. The van der Waals surface area contributed by atoms with Gasteiger partial charge in [-0.3, -0.25) is 9.69 Å². The first-order valence-corrected chi connectivity index (χ1v) is 8.87. The molecule has 4 rings (SSSR count). The molecule has 0 radical (unpaired) electrons. The van der Waals surface area contributed by atoms with Gasteiger partial charge in [0.1, 0.15) is 11.6 Å². The van der Waals surface area contributed by atoms with Crippen molar-refractivity contribution in [2.45, 2.75) is 6.54 Å². The van der Waals surface area contributed by atoms with Crippen molar-refractivity contribution in [3.05, 3.63) is 70.3 Å². The van der Waals surface area contributed by atoms with Crippen molar-refractivity contribution in [2.75, 3.05) is 31.1 Å². The van der Waals surface area contributed by atoms with Gasteiger partial charge in [0.2, 0.25) is 0 Å². The number of rotatable bonds is 3. The van der Waals surface area contributed by atoms with Gasteiger partial charge >= 0.3 is 0 Å². The van der Waals surface area contributed by atoms with Crippen LogP contribution >= 0.6 is 0 Å². The topological polar surface area (TPSA) is 41.4 Å². The van der Waals surface area contributed by atoms with Crippen molar-refractivity contribution in [3.63, 3.8) is 0 Å². The number of hydrogen-bond acceptors (Lipinski definition) is 4. The Hall–Kier alpha value is -2.80. The van der Waals surface area contributed by atoms with Crippen LogP contribution in [0.4, 0.5) is 14.5 Å². The molecule has 0 amide bonds. The molecule has 27 heavy (non-hydrogen) atoms. The van der Waals surface area contributed by atoms with Crippen molar-refractivity contribution < 1.29 is 8.78 Å². The second-order valence-corrected chi connectivity index (χ2v) is 6.90. The van der Waals surface area contributed by atoms with Gasteiger partial charge in [0.05, 0.1) is 17.2 Å². The molecule has 0 saturated carbocycles. The van der Waals surface area contributed by atoms with Crippen LogP contribution in [0.25, 0.3) is 10.9 Å². The number of benzene rings is 2. The van der Waals surface area contributed by atoms with Gasteiger partial charge in [0.15, 0.2) is 0 Å². The van der Waals surface area contributed by atoms with Crippen LogP contribution in [0.1, 0.15) is 5.56 Å². The fraction of sp³-hybridized carbons (Fsp3) is 0.300. The fourth-order valence-corrected chi connectivity index (χ4v) is 3.52. The van der Waals surface area contributed by atoms with E-state index in [9.17, 15) is 13.6 Å². The summed E-state index contributed by atoms with van der Waals surface area (Å²) in [6, 6.07) is 9.36. The van der Waals surface area contributed by atoms with E-state index in [1.54, 1.807) is 7.05 Å². The van der Waals surface area contributed by atoms with Crippen molar-refractivity contribution in [1.29, 1.82) is 0 Å². The summed E-state index contributed by atoms with van der Waals surface area (Å²) in [7, 11) is 1.69. The zero-order valence-electron chi connectivity index (χ0n) is 15.0. The largest absolute Gasteiger partial charge is 0.369 e. The summed E-state index contributed by atoms with van der Waals surface area (Å²) in [5.41, 5.74) is 2.30. The molecule has 140 valence electrons. The van der Waals surface area contributed by atoms with Crippen LogP contribution in [0, 0.1) is 11.6 Å². The molecular weight excluding hydrogens is 350 g/mol. The van der Waals surface area contributed by atoms with Crippen molar-refractivity contribution in [2.24, 2.45) is 7.05 Å². The standard InChI is InChI=1S/C20H20F2N4O/c1-24-13-23-19-11-17(2-3-18(19)20(24)27)26-6-4-25(5-7-26)12-14-8-15(21)10-16(22)9-14/h2-3,8-11,13H,4-7,12H2,1H3. The van der Waals surface area contributed by atoms with Crippen molar-refractivity contribution in [3.8, 4) is 0 Å². The van der Waals surface area contributed by atoms with Crippen LogP contribution < -0.4 is 10.5 Å². The molecule has 1 saturated heterocycles. The quantitative estimate of drug-likeness (QED) is 0.711. The van der Waals surface area contributed by atoms with Gasteiger partial charge in [-0.15, -0.1) is 0 Å². The van der Waals surface area contributed by atoms with Crippen LogP contribution in [0.15, 0.2) is 47.5 Å². The first kappa shape index (κ1) is 17.6. The summed E-state index contributed by atoms with van der Waals surface area (Å²) in [6.07, 6.45) is 1.53. The molecule has 0 spiro atoms. The van der Waals surface area contributed by atoms with Gasteiger partial charge < -0.3 is 9.47 Å². The minimum atomic E-state index is -0.543. The first-order valence-electron chi connectivity index (χ1n) is 8.87. The van der Waals surface area contributed by atoms with Gasteiger partial charge in [-0.25, -0.2) is 13.8 Å². The number of piperazine rings is 1. The molecule has 1 aromatic heterocycles. The Bertz CT molecular complexity index is 1020. The van der Waals surface area contributed by atoms with E-state index < -0.39 is 11.6 Å². The third-order valence-electron chi connectivity index (χ3n) is 4.97. The Balaban J connectivity index is 1.45. The minimum Gasteiger partial charge on any atom is -0.369 e. The molecule has 0 aliphatic carbocycles. The molecular formula is C20H20F2N4O. The molecule has 0 atom stereocenters. The predicted octanol–water partition coefficient (Wildman–Crippen LogP) is 2.53. The molecule has 0 N–H and O–H groups in total. The molecule has 0 bridgehead atoms. The summed E-state index contributed by atoms with van der Waals surface area (Å²) >= 11 is 0. The van der Waals surface area contributed by atoms with E-state index in [-0.39, 0.29) is 5.56 Å². The first-order chi connectivity index (χ1) is 13.0. The molecule has 0 unspecified atom stereocenters. The molecule has 2 aromatic carbocycles. The van der Waals surface area contributed by atoms with Crippen LogP contribution in [0.5, 0.6) is 0 Å². The summed E-state index contributed by atoms with van der Waals surface area (Å²) in [5, 5.41) is 0.607. The normalized spacial score (nSPS) is 15.4. The molecule has 1 aliphatic heterocycles. The Morgan fingerprint density at radius 1 is 1.00 bits per heavy atom. The van der Waals surface area contributed by atoms with E-state index in [2.05, 4.69) is 14.8 Å². The van der Waals surface area contributed by atoms with Crippen LogP contribution in [-0.2, 0) is 13.6 Å². The van der Waals surface area contributed by atoms with E-state index in [0.29, 0.717) is 23.0 Å². The SMILES string of the molecule is Cn1cnc2cc(N3CCN(Cc4cc(F)cc(F)c4)CC3)ccc2c1=O. The highest BCUT2D eigenvalue weighted by atomic mass is 19.1. The number of fused-ring (bicyclic) bond motifs is 1. The second-order valence-electron chi connectivity index (χ2n) is 6.90. The van der Waals surface area contributed by atoms with Gasteiger partial charge in [0.25, 0.3) is 5.56 Å². The zero-order chi connectivity index (χ0) is 19.0. The smallest absolute Gasteiger partial charge is 0.260 e. The number of aromatic nitrogens is 2. The van der Waals surface area contributed by atoms with Gasteiger partial charge in [-0.05, 0) is 35.9 Å². The molecule has 5 nitrogen and oxygen atoms in total. The maximum Gasteiger partial charge on any atom is 0.260 e. The summed E-state index contributed by atoms with van der Waals surface area (Å²) in [5.74, 6) is -1.09. The lowest BCUT2D eigenvalue weighted by Crippen LogP contribution is -2.46. The average molecular weight is 370 g/mol. The lowest BCUT2D eigenvalue weighted by molar-refractivity contribution is 0.249. The van der Waals surface area contributed by atoms with Crippen LogP contribution in [0.2, 0.25) is 0 Å². The van der Waals surface area contributed by atoms with E-state index in [1.807, 2.05) is 18.2 Å². The van der Waals surface area contributed by atoms with Crippen molar-refractivity contribution >= 4 is 16.6 Å².